The third-order valence-corrected chi connectivity index (χ3v) is 6.93. The number of esters is 1. The Bertz CT molecular complexity index is 1160. The number of thiophene rings is 1. The summed E-state index contributed by atoms with van der Waals surface area (Å²) in [5, 5.41) is 3.82. The summed E-state index contributed by atoms with van der Waals surface area (Å²) in [4.78, 5) is 38.3. The highest BCUT2D eigenvalue weighted by Crippen LogP contribution is 2.38. The number of anilines is 2. The van der Waals surface area contributed by atoms with Crippen LogP contribution in [-0.2, 0) is 4.74 Å². The number of hydrogen-bond donors (Lipinski definition) is 1. The fraction of sp³-hybridized carbons (Fsp3) is 0.391. The maximum atomic E-state index is 13.2. The zero-order chi connectivity index (χ0) is 22.1. The fourth-order valence-electron chi connectivity index (χ4n) is 4.12. The number of carbonyl (C=O) groups excluding carboxylic acids is 2. The second kappa shape index (κ2) is 8.63. The van der Waals surface area contributed by atoms with Gasteiger partial charge in [0.1, 0.15) is 16.5 Å². The Kier molecular flexibility index (Phi) is 5.91. The minimum Gasteiger partial charge on any atom is -0.465 e. The second-order valence-corrected chi connectivity index (χ2v) is 8.86. The van der Waals surface area contributed by atoms with Gasteiger partial charge in [0, 0.05) is 12.6 Å². The van der Waals surface area contributed by atoms with E-state index in [0.717, 1.165) is 41.0 Å². The van der Waals surface area contributed by atoms with E-state index in [0.29, 0.717) is 28.0 Å². The third kappa shape index (κ3) is 3.99. The van der Waals surface area contributed by atoms with Crippen LogP contribution in [0.15, 0.2) is 24.3 Å². The number of para-hydroxylation sites is 1. The number of aromatic nitrogens is 2. The first-order valence-corrected chi connectivity index (χ1v) is 11.3. The molecule has 1 aliphatic heterocycles. The first kappa shape index (κ1) is 21.2. The third-order valence-electron chi connectivity index (χ3n) is 5.74. The van der Waals surface area contributed by atoms with Crippen LogP contribution in [0.4, 0.5) is 11.5 Å². The first-order valence-electron chi connectivity index (χ1n) is 10.4. The molecule has 1 fully saturated rings. The van der Waals surface area contributed by atoms with E-state index in [9.17, 15) is 9.59 Å². The minimum atomic E-state index is -0.494. The summed E-state index contributed by atoms with van der Waals surface area (Å²) in [5.74, 6) is 0.848. The molecule has 0 spiro atoms. The lowest BCUT2D eigenvalue weighted by atomic mass is 10.0. The van der Waals surface area contributed by atoms with Crippen molar-refractivity contribution in [3.8, 4) is 0 Å². The molecule has 1 amide bonds. The van der Waals surface area contributed by atoms with Crippen molar-refractivity contribution in [2.45, 2.75) is 46.1 Å². The Hall–Kier alpha value is -3.00. The van der Waals surface area contributed by atoms with Crippen molar-refractivity contribution in [1.29, 1.82) is 0 Å². The molecule has 8 heteroatoms. The van der Waals surface area contributed by atoms with E-state index in [1.807, 2.05) is 13.8 Å². The zero-order valence-electron chi connectivity index (χ0n) is 18.2. The number of amides is 1. The van der Waals surface area contributed by atoms with Crippen LogP contribution in [0.5, 0.6) is 0 Å². The van der Waals surface area contributed by atoms with Crippen LogP contribution < -0.4 is 10.2 Å². The molecule has 0 saturated carbocycles. The number of ether oxygens (including phenoxy) is 1. The molecule has 1 N–H and O–H groups in total. The number of nitrogens with one attached hydrogen (secondary N) is 1. The summed E-state index contributed by atoms with van der Waals surface area (Å²) in [6.07, 6.45) is 3.49. The van der Waals surface area contributed by atoms with Crippen molar-refractivity contribution < 1.29 is 14.3 Å². The van der Waals surface area contributed by atoms with Crippen LogP contribution in [0.3, 0.4) is 0 Å². The number of hydrogen-bond acceptors (Lipinski definition) is 7. The quantitative estimate of drug-likeness (QED) is 0.593. The van der Waals surface area contributed by atoms with Crippen LogP contribution in [-0.4, -0.2) is 41.5 Å². The van der Waals surface area contributed by atoms with Crippen molar-refractivity contribution in [3.05, 3.63) is 46.1 Å². The van der Waals surface area contributed by atoms with E-state index in [-0.39, 0.29) is 5.91 Å². The van der Waals surface area contributed by atoms with Crippen molar-refractivity contribution >= 4 is 44.9 Å². The Morgan fingerprint density at radius 2 is 1.97 bits per heavy atom. The monoisotopic (exact) mass is 438 g/mol. The standard InChI is InChI=1S/C23H26N4O3S/c1-13-9-7-8-12-27(13)20-18-14(2)19(31-22(18)25-15(3)24-20)21(28)26-17-11-6-5-10-16(17)23(29)30-4/h5-6,10-11,13H,7-9,12H2,1-4H3,(H,26,28)/t13-/m1/s1. The summed E-state index contributed by atoms with van der Waals surface area (Å²) in [5.41, 5.74) is 1.60. The van der Waals surface area contributed by atoms with E-state index < -0.39 is 5.97 Å². The SMILES string of the molecule is COC(=O)c1ccccc1NC(=O)c1sc2nc(C)nc(N3CCCC[C@H]3C)c2c1C. The summed E-state index contributed by atoms with van der Waals surface area (Å²) in [6.45, 7) is 7.01. The van der Waals surface area contributed by atoms with Gasteiger partial charge in [0.25, 0.3) is 5.91 Å². The number of fused-ring (bicyclic) bond motifs is 1. The highest BCUT2D eigenvalue weighted by Gasteiger charge is 2.27. The maximum absolute atomic E-state index is 13.2. The molecule has 0 bridgehead atoms. The Balaban J connectivity index is 1.74. The van der Waals surface area contributed by atoms with Crippen LogP contribution >= 0.6 is 11.3 Å². The average Bonchev–Trinajstić information content (AvgIpc) is 3.09. The van der Waals surface area contributed by atoms with Gasteiger partial charge < -0.3 is 15.0 Å². The van der Waals surface area contributed by atoms with E-state index in [1.54, 1.807) is 24.3 Å². The van der Waals surface area contributed by atoms with Gasteiger partial charge in [0.2, 0.25) is 0 Å². The van der Waals surface area contributed by atoms with Gasteiger partial charge in [0.05, 0.1) is 28.6 Å². The van der Waals surface area contributed by atoms with E-state index in [1.165, 1.54) is 24.9 Å². The predicted molar refractivity (Wildman–Crippen MR) is 123 cm³/mol. The molecule has 0 aliphatic carbocycles. The number of benzene rings is 1. The number of carbonyl (C=O) groups is 2. The van der Waals surface area contributed by atoms with Gasteiger partial charge in [-0.15, -0.1) is 11.3 Å². The number of nitrogens with zero attached hydrogens (tertiary/aromatic N) is 3. The van der Waals surface area contributed by atoms with Crippen molar-refractivity contribution in [2.24, 2.45) is 0 Å². The molecule has 31 heavy (non-hydrogen) atoms. The second-order valence-electron chi connectivity index (χ2n) is 7.86. The first-order chi connectivity index (χ1) is 14.9. The van der Waals surface area contributed by atoms with Crippen LogP contribution in [0.2, 0.25) is 0 Å². The number of aryl methyl sites for hydroxylation is 2. The van der Waals surface area contributed by atoms with Crippen LogP contribution in [0.1, 0.15) is 57.6 Å². The summed E-state index contributed by atoms with van der Waals surface area (Å²) < 4.78 is 4.83. The number of methoxy groups -OCH3 is 1. The zero-order valence-corrected chi connectivity index (χ0v) is 19.0. The number of rotatable bonds is 4. The highest BCUT2D eigenvalue weighted by atomic mass is 32.1. The largest absolute Gasteiger partial charge is 0.465 e. The Labute approximate surface area is 185 Å². The van der Waals surface area contributed by atoms with Crippen molar-refractivity contribution in [2.75, 3.05) is 23.9 Å². The molecule has 3 aromatic rings. The molecule has 0 radical (unpaired) electrons. The van der Waals surface area contributed by atoms with Crippen LogP contribution in [0, 0.1) is 13.8 Å². The van der Waals surface area contributed by atoms with Crippen molar-refractivity contribution in [3.63, 3.8) is 0 Å². The summed E-state index contributed by atoms with van der Waals surface area (Å²) >= 11 is 1.36. The summed E-state index contributed by atoms with van der Waals surface area (Å²) in [6, 6.07) is 7.22. The maximum Gasteiger partial charge on any atom is 0.339 e. The molecule has 1 atom stereocenters. The van der Waals surface area contributed by atoms with E-state index in [4.69, 9.17) is 9.72 Å². The van der Waals surface area contributed by atoms with Crippen molar-refractivity contribution in [1.82, 2.24) is 9.97 Å². The molecule has 7 nitrogen and oxygen atoms in total. The summed E-state index contributed by atoms with van der Waals surface area (Å²) in [7, 11) is 1.32. The fourth-order valence-corrected chi connectivity index (χ4v) is 5.23. The van der Waals surface area contributed by atoms with Gasteiger partial charge in [-0.2, -0.15) is 0 Å². The molecular weight excluding hydrogens is 412 g/mol. The molecule has 2 aromatic heterocycles. The predicted octanol–water partition coefficient (Wildman–Crippen LogP) is 4.73. The number of piperidine rings is 1. The van der Waals surface area contributed by atoms with Gasteiger partial charge in [-0.25, -0.2) is 14.8 Å². The van der Waals surface area contributed by atoms with Crippen LogP contribution in [0.25, 0.3) is 10.2 Å². The molecule has 1 saturated heterocycles. The molecule has 4 rings (SSSR count). The normalized spacial score (nSPS) is 16.4. The van der Waals surface area contributed by atoms with E-state index >= 15 is 0 Å². The molecular formula is C23H26N4O3S. The van der Waals surface area contributed by atoms with Gasteiger partial charge in [-0.1, -0.05) is 12.1 Å². The van der Waals surface area contributed by atoms with Gasteiger partial charge in [-0.3, -0.25) is 4.79 Å². The lowest BCUT2D eigenvalue weighted by Gasteiger charge is -2.35. The van der Waals surface area contributed by atoms with Gasteiger partial charge in [-0.05, 0) is 57.7 Å². The molecule has 1 aromatic carbocycles. The van der Waals surface area contributed by atoms with Gasteiger partial charge >= 0.3 is 5.97 Å². The Morgan fingerprint density at radius 1 is 1.19 bits per heavy atom. The smallest absolute Gasteiger partial charge is 0.339 e. The Morgan fingerprint density at radius 3 is 2.71 bits per heavy atom. The minimum absolute atomic E-state index is 0.271. The topological polar surface area (TPSA) is 84.4 Å². The molecule has 162 valence electrons. The lowest BCUT2D eigenvalue weighted by Crippen LogP contribution is -2.38. The van der Waals surface area contributed by atoms with Gasteiger partial charge in [0.15, 0.2) is 0 Å². The molecule has 1 aliphatic rings. The average molecular weight is 439 g/mol. The lowest BCUT2D eigenvalue weighted by molar-refractivity contribution is 0.0602. The molecule has 3 heterocycles. The highest BCUT2D eigenvalue weighted by molar-refractivity contribution is 7.20. The molecule has 0 unspecified atom stereocenters. The van der Waals surface area contributed by atoms with E-state index in [2.05, 4.69) is 22.1 Å².